The number of nitrogens with zero attached hydrogens (tertiary/aromatic N) is 2. The molecule has 9 nitrogen and oxygen atoms in total. The molecule has 0 amide bonds. The Morgan fingerprint density at radius 1 is 1.43 bits per heavy atom. The third-order valence-corrected chi connectivity index (χ3v) is 3.89. The number of hydrogen-bond donors (Lipinski definition) is 2. The third kappa shape index (κ3) is 3.11. The van der Waals surface area contributed by atoms with Crippen molar-refractivity contribution in [1.82, 2.24) is 9.97 Å². The van der Waals surface area contributed by atoms with Crippen molar-refractivity contribution in [3.8, 4) is 5.75 Å². The predicted molar refractivity (Wildman–Crippen MR) is 73.8 cm³/mol. The summed E-state index contributed by atoms with van der Waals surface area (Å²) in [5.41, 5.74) is -0.284. The Hall–Kier alpha value is -2.62. The van der Waals surface area contributed by atoms with Crippen molar-refractivity contribution in [3.05, 3.63) is 40.3 Å². The number of ether oxygens (including phenoxy) is 1. The molecule has 0 radical (unpaired) electrons. The molecule has 10 heteroatoms. The molecule has 0 atom stereocenters. The summed E-state index contributed by atoms with van der Waals surface area (Å²) in [5.74, 6) is 0.483. The van der Waals surface area contributed by atoms with Crippen molar-refractivity contribution in [2.75, 3.05) is 11.8 Å². The Labute approximate surface area is 120 Å². The highest BCUT2D eigenvalue weighted by Crippen LogP contribution is 2.30. The average molecular weight is 312 g/mol. The van der Waals surface area contributed by atoms with Crippen LogP contribution in [-0.2, 0) is 10.0 Å². The molecule has 0 aliphatic rings. The van der Waals surface area contributed by atoms with Crippen LogP contribution in [0.1, 0.15) is 5.82 Å². The first-order valence-corrected chi connectivity index (χ1v) is 7.18. The predicted octanol–water partition coefficient (Wildman–Crippen LogP) is 1.44. The Kier molecular flexibility index (Phi) is 3.80. The number of rotatable bonds is 5. The first-order valence-electron chi connectivity index (χ1n) is 5.70. The molecular formula is C11H12N4O5S. The highest BCUT2D eigenvalue weighted by atomic mass is 32.2. The van der Waals surface area contributed by atoms with Gasteiger partial charge in [-0.1, -0.05) is 0 Å². The number of aromatic nitrogens is 2. The van der Waals surface area contributed by atoms with Gasteiger partial charge in [0.25, 0.3) is 10.0 Å². The lowest BCUT2D eigenvalue weighted by atomic mass is 10.2. The summed E-state index contributed by atoms with van der Waals surface area (Å²) in [6.07, 6.45) is 1.16. The normalized spacial score (nSPS) is 11.1. The number of nitro benzene ring substituents is 1. The molecule has 0 saturated carbocycles. The summed E-state index contributed by atoms with van der Waals surface area (Å²) in [5, 5.41) is 10.8. The van der Waals surface area contributed by atoms with E-state index in [2.05, 4.69) is 14.7 Å². The van der Waals surface area contributed by atoms with E-state index < -0.39 is 14.9 Å². The zero-order chi connectivity index (χ0) is 15.6. The van der Waals surface area contributed by atoms with Gasteiger partial charge >= 0.3 is 5.69 Å². The summed E-state index contributed by atoms with van der Waals surface area (Å²) in [7, 11) is -2.59. The second-order valence-electron chi connectivity index (χ2n) is 4.08. The van der Waals surface area contributed by atoms with Gasteiger partial charge in [0.05, 0.1) is 23.9 Å². The molecule has 0 bridgehead atoms. The lowest BCUT2D eigenvalue weighted by molar-refractivity contribution is -0.385. The minimum absolute atomic E-state index is 0.0420. The molecule has 21 heavy (non-hydrogen) atoms. The van der Waals surface area contributed by atoms with Crippen LogP contribution in [0.15, 0.2) is 29.4 Å². The average Bonchev–Trinajstić information content (AvgIpc) is 2.85. The second-order valence-corrected chi connectivity index (χ2v) is 5.73. The number of aromatic amines is 1. The van der Waals surface area contributed by atoms with Crippen LogP contribution in [0, 0.1) is 17.0 Å². The number of sulfonamides is 1. The summed E-state index contributed by atoms with van der Waals surface area (Å²) < 4.78 is 31.2. The fourth-order valence-electron chi connectivity index (χ4n) is 1.64. The number of nitrogens with one attached hydrogen (secondary N) is 2. The summed E-state index contributed by atoms with van der Waals surface area (Å²) in [6, 6.07) is 3.76. The number of methoxy groups -OCH3 is 1. The largest absolute Gasteiger partial charge is 0.490 e. The number of benzene rings is 1. The van der Waals surface area contributed by atoms with Crippen molar-refractivity contribution in [2.24, 2.45) is 0 Å². The number of hydrogen-bond acceptors (Lipinski definition) is 6. The maximum Gasteiger partial charge on any atom is 0.312 e. The summed E-state index contributed by atoms with van der Waals surface area (Å²) in [6.45, 7) is 1.61. The first kappa shape index (κ1) is 14.8. The number of nitro groups is 1. The Bertz CT molecular complexity index is 784. The van der Waals surface area contributed by atoms with Gasteiger partial charge < -0.3 is 9.72 Å². The second kappa shape index (κ2) is 5.40. The maximum atomic E-state index is 12.1. The molecule has 0 aliphatic heterocycles. The van der Waals surface area contributed by atoms with Crippen molar-refractivity contribution >= 4 is 21.4 Å². The van der Waals surface area contributed by atoms with E-state index >= 15 is 0 Å². The van der Waals surface area contributed by atoms with Crippen molar-refractivity contribution < 1.29 is 18.1 Å². The van der Waals surface area contributed by atoms with Crippen LogP contribution in [0.5, 0.6) is 5.75 Å². The zero-order valence-electron chi connectivity index (χ0n) is 11.2. The highest BCUT2D eigenvalue weighted by molar-refractivity contribution is 7.92. The summed E-state index contributed by atoms with van der Waals surface area (Å²) in [4.78, 5) is 16.6. The Balaban J connectivity index is 2.36. The molecular weight excluding hydrogens is 300 g/mol. The minimum Gasteiger partial charge on any atom is -0.490 e. The smallest absolute Gasteiger partial charge is 0.312 e. The van der Waals surface area contributed by atoms with Gasteiger partial charge in [0, 0.05) is 6.07 Å². The van der Waals surface area contributed by atoms with Crippen molar-refractivity contribution in [2.45, 2.75) is 11.9 Å². The van der Waals surface area contributed by atoms with Crippen molar-refractivity contribution in [3.63, 3.8) is 0 Å². The van der Waals surface area contributed by atoms with E-state index in [9.17, 15) is 18.5 Å². The van der Waals surface area contributed by atoms with Crippen molar-refractivity contribution in [1.29, 1.82) is 0 Å². The zero-order valence-corrected chi connectivity index (χ0v) is 12.0. The van der Waals surface area contributed by atoms with Crippen LogP contribution in [0.3, 0.4) is 0 Å². The Morgan fingerprint density at radius 3 is 2.67 bits per heavy atom. The third-order valence-electron chi connectivity index (χ3n) is 2.60. The van der Waals surface area contributed by atoms with Crippen LogP contribution in [0.2, 0.25) is 0 Å². The van der Waals surface area contributed by atoms with Gasteiger partial charge in [0.1, 0.15) is 5.82 Å². The lowest BCUT2D eigenvalue weighted by Crippen LogP contribution is -2.13. The maximum absolute atomic E-state index is 12.1. The van der Waals surface area contributed by atoms with E-state index in [1.54, 1.807) is 6.92 Å². The van der Waals surface area contributed by atoms with Crippen LogP contribution < -0.4 is 9.46 Å². The summed E-state index contributed by atoms with van der Waals surface area (Å²) >= 11 is 0. The van der Waals surface area contributed by atoms with Gasteiger partial charge in [-0.05, 0) is 19.1 Å². The molecule has 2 rings (SSSR count). The van der Waals surface area contributed by atoms with Gasteiger partial charge in [-0.15, -0.1) is 0 Å². The fourth-order valence-corrected chi connectivity index (χ4v) is 2.66. The van der Waals surface area contributed by atoms with E-state index in [-0.39, 0.29) is 22.2 Å². The highest BCUT2D eigenvalue weighted by Gasteiger charge is 2.20. The van der Waals surface area contributed by atoms with Crippen LogP contribution >= 0.6 is 0 Å². The first-order chi connectivity index (χ1) is 9.83. The van der Waals surface area contributed by atoms with E-state index in [0.717, 1.165) is 12.3 Å². The van der Waals surface area contributed by atoms with Gasteiger partial charge in [-0.2, -0.15) is 8.42 Å². The number of aryl methyl sites for hydroxylation is 1. The minimum atomic E-state index is -3.89. The fraction of sp³-hybridized carbons (Fsp3) is 0.182. The molecule has 0 unspecified atom stereocenters. The number of H-pyrrole nitrogens is 1. The molecule has 0 fully saturated rings. The lowest BCUT2D eigenvalue weighted by Gasteiger charge is -2.07. The monoisotopic (exact) mass is 312 g/mol. The molecule has 1 heterocycles. The molecule has 1 aromatic carbocycles. The van der Waals surface area contributed by atoms with Gasteiger partial charge in [-0.3, -0.25) is 14.8 Å². The van der Waals surface area contributed by atoms with E-state index in [4.69, 9.17) is 4.74 Å². The van der Waals surface area contributed by atoms with Crippen LogP contribution in [0.25, 0.3) is 0 Å². The molecule has 2 N–H and O–H groups in total. The molecule has 0 aliphatic carbocycles. The van der Waals surface area contributed by atoms with E-state index in [1.807, 2.05) is 0 Å². The molecule has 2 aromatic rings. The van der Waals surface area contributed by atoms with E-state index in [0.29, 0.717) is 5.82 Å². The van der Waals surface area contributed by atoms with Gasteiger partial charge in [0.2, 0.25) is 0 Å². The molecule has 1 aromatic heterocycles. The Morgan fingerprint density at radius 2 is 2.14 bits per heavy atom. The topological polar surface area (TPSA) is 127 Å². The number of imidazole rings is 1. The van der Waals surface area contributed by atoms with Crippen LogP contribution in [0.4, 0.5) is 11.4 Å². The van der Waals surface area contributed by atoms with Gasteiger partial charge in [-0.25, -0.2) is 4.98 Å². The standard InChI is InChI=1S/C11H12N4O5S/c1-7-12-6-11(13-7)21(18,19)14-8-3-4-10(20-2)9(5-8)15(16)17/h3-6,14H,1-2H3,(H,12,13). The van der Waals surface area contributed by atoms with E-state index in [1.165, 1.54) is 19.2 Å². The molecule has 0 saturated heterocycles. The SMILES string of the molecule is COc1ccc(NS(=O)(=O)c2cnc(C)[nH]2)cc1[N+](=O)[O-]. The number of anilines is 1. The quantitative estimate of drug-likeness (QED) is 0.635. The van der Waals surface area contributed by atoms with Gasteiger partial charge in [0.15, 0.2) is 10.8 Å². The molecule has 112 valence electrons. The van der Waals surface area contributed by atoms with Crippen LogP contribution in [-0.4, -0.2) is 30.4 Å². The molecule has 0 spiro atoms.